The minimum absolute atomic E-state index is 0.780. The van der Waals surface area contributed by atoms with Gasteiger partial charge < -0.3 is 0 Å². The first-order chi connectivity index (χ1) is 11.3. The Hall–Kier alpha value is -2.60. The summed E-state index contributed by atoms with van der Waals surface area (Å²) in [6.45, 7) is 4.75. The highest BCUT2D eigenvalue weighted by Gasteiger charge is 2.19. The Labute approximate surface area is 134 Å². The predicted octanol–water partition coefficient (Wildman–Crippen LogP) is 2.13. The molecule has 4 heterocycles. The molecule has 4 rings (SSSR count). The summed E-state index contributed by atoms with van der Waals surface area (Å²) in [6.07, 6.45) is 6.44. The van der Waals surface area contributed by atoms with Gasteiger partial charge in [-0.1, -0.05) is 0 Å². The normalized spacial score (nSPS) is 14.7. The number of aromatic amines is 1. The van der Waals surface area contributed by atoms with Crippen molar-refractivity contribution in [2.75, 3.05) is 6.54 Å². The number of hydrogen-bond acceptors (Lipinski definition) is 5. The van der Waals surface area contributed by atoms with E-state index in [0.29, 0.717) is 0 Å². The Balaban J connectivity index is 1.52. The van der Waals surface area contributed by atoms with E-state index in [-0.39, 0.29) is 0 Å². The van der Waals surface area contributed by atoms with Crippen LogP contribution in [-0.4, -0.2) is 36.6 Å². The highest BCUT2D eigenvalue weighted by molar-refractivity contribution is 5.54. The zero-order valence-corrected chi connectivity index (χ0v) is 13.0. The van der Waals surface area contributed by atoms with Crippen molar-refractivity contribution in [2.24, 2.45) is 0 Å². The lowest BCUT2D eigenvalue weighted by Crippen LogP contribution is -2.31. The smallest absolute Gasteiger partial charge is 0.159 e. The average molecular weight is 306 g/mol. The largest absolute Gasteiger partial charge is 0.293 e. The molecule has 0 fully saturated rings. The topological polar surface area (TPSA) is 70.6 Å². The van der Waals surface area contributed by atoms with E-state index in [4.69, 9.17) is 4.98 Å². The van der Waals surface area contributed by atoms with Gasteiger partial charge in [0.25, 0.3) is 0 Å². The monoisotopic (exact) mass is 306 g/mol. The van der Waals surface area contributed by atoms with Crippen molar-refractivity contribution in [2.45, 2.75) is 26.4 Å². The van der Waals surface area contributed by atoms with E-state index >= 15 is 0 Å². The maximum atomic E-state index is 4.74. The summed E-state index contributed by atoms with van der Waals surface area (Å²) in [7, 11) is 0. The van der Waals surface area contributed by atoms with Crippen LogP contribution in [0.4, 0.5) is 0 Å². The molecule has 0 amide bonds. The molecule has 1 N–H and O–H groups in total. The Bertz CT molecular complexity index is 811. The zero-order chi connectivity index (χ0) is 15.6. The fourth-order valence-corrected chi connectivity index (χ4v) is 2.93. The first kappa shape index (κ1) is 14.0. The first-order valence-corrected chi connectivity index (χ1v) is 7.76. The molecule has 0 saturated carbocycles. The summed E-state index contributed by atoms with van der Waals surface area (Å²) in [4.78, 5) is 15.7. The molecule has 3 aromatic rings. The number of nitrogens with one attached hydrogen (secondary N) is 1. The molecular weight excluding hydrogens is 288 g/mol. The van der Waals surface area contributed by atoms with Crippen molar-refractivity contribution in [3.63, 3.8) is 0 Å². The number of hydrogen-bond donors (Lipinski definition) is 1. The molecule has 23 heavy (non-hydrogen) atoms. The van der Waals surface area contributed by atoms with Crippen molar-refractivity contribution >= 4 is 0 Å². The second-order valence-corrected chi connectivity index (χ2v) is 5.90. The maximum absolute atomic E-state index is 4.74. The molecule has 6 nitrogen and oxygen atoms in total. The van der Waals surface area contributed by atoms with E-state index in [9.17, 15) is 0 Å². The fourth-order valence-electron chi connectivity index (χ4n) is 2.93. The van der Waals surface area contributed by atoms with Crippen LogP contribution >= 0.6 is 0 Å². The Morgan fingerprint density at radius 2 is 2.13 bits per heavy atom. The summed E-state index contributed by atoms with van der Waals surface area (Å²) in [5.74, 6) is 0.780. The summed E-state index contributed by atoms with van der Waals surface area (Å²) < 4.78 is 0. The van der Waals surface area contributed by atoms with Gasteiger partial charge in [0.05, 0.1) is 11.4 Å². The minimum Gasteiger partial charge on any atom is -0.293 e. The quantitative estimate of drug-likeness (QED) is 0.802. The highest BCUT2D eigenvalue weighted by Crippen LogP contribution is 2.21. The molecular formula is C17H18N6. The van der Waals surface area contributed by atoms with Gasteiger partial charge >= 0.3 is 0 Å². The first-order valence-electron chi connectivity index (χ1n) is 7.76. The Morgan fingerprint density at radius 3 is 2.91 bits per heavy atom. The maximum Gasteiger partial charge on any atom is 0.159 e. The van der Waals surface area contributed by atoms with E-state index in [1.807, 2.05) is 25.3 Å². The van der Waals surface area contributed by atoms with Gasteiger partial charge in [-0.3, -0.25) is 15.0 Å². The van der Waals surface area contributed by atoms with Gasteiger partial charge in [0, 0.05) is 61.5 Å². The third-order valence-electron chi connectivity index (χ3n) is 4.10. The van der Waals surface area contributed by atoms with E-state index in [1.165, 1.54) is 5.56 Å². The standard InChI is InChI=1S/C17H18N6/c1-12-8-15(22-21-12)11-23-7-4-16-14(10-23)9-19-17(20-16)13-2-5-18-6-3-13/h2-3,5-6,8-9H,4,7,10-11H2,1H3,(H,21,22). The zero-order valence-electron chi connectivity index (χ0n) is 13.0. The van der Waals surface area contributed by atoms with Crippen LogP contribution in [-0.2, 0) is 19.5 Å². The number of nitrogens with zero attached hydrogens (tertiary/aromatic N) is 5. The second-order valence-electron chi connectivity index (χ2n) is 5.90. The number of fused-ring (bicyclic) bond motifs is 1. The highest BCUT2D eigenvalue weighted by atomic mass is 15.2. The third-order valence-corrected chi connectivity index (χ3v) is 4.10. The SMILES string of the molecule is Cc1cc(CN2CCc3nc(-c4ccncc4)ncc3C2)n[nH]1. The lowest BCUT2D eigenvalue weighted by atomic mass is 10.1. The molecule has 0 saturated heterocycles. The number of aromatic nitrogens is 5. The van der Waals surface area contributed by atoms with Crippen molar-refractivity contribution in [3.05, 3.63) is 59.4 Å². The molecule has 0 bridgehead atoms. The second kappa shape index (κ2) is 5.89. The van der Waals surface area contributed by atoms with Crippen LogP contribution in [0.3, 0.4) is 0 Å². The molecule has 0 aromatic carbocycles. The van der Waals surface area contributed by atoms with Gasteiger partial charge in [-0.25, -0.2) is 9.97 Å². The van der Waals surface area contributed by atoms with Crippen LogP contribution in [0.1, 0.15) is 22.6 Å². The van der Waals surface area contributed by atoms with Crippen molar-refractivity contribution < 1.29 is 0 Å². The van der Waals surface area contributed by atoms with E-state index in [1.54, 1.807) is 12.4 Å². The van der Waals surface area contributed by atoms with Crippen molar-refractivity contribution in [1.82, 2.24) is 30.0 Å². The molecule has 0 atom stereocenters. The van der Waals surface area contributed by atoms with E-state index < -0.39 is 0 Å². The Morgan fingerprint density at radius 1 is 1.26 bits per heavy atom. The fraction of sp³-hybridized carbons (Fsp3) is 0.294. The lowest BCUT2D eigenvalue weighted by molar-refractivity contribution is 0.240. The van der Waals surface area contributed by atoms with Gasteiger partial charge in [-0.2, -0.15) is 5.10 Å². The average Bonchev–Trinajstić information content (AvgIpc) is 3.00. The van der Waals surface area contributed by atoms with E-state index in [2.05, 4.69) is 31.1 Å². The van der Waals surface area contributed by atoms with Gasteiger partial charge in [0.2, 0.25) is 0 Å². The summed E-state index contributed by atoms with van der Waals surface area (Å²) in [5, 5.41) is 7.31. The van der Waals surface area contributed by atoms with Crippen LogP contribution in [0.15, 0.2) is 36.8 Å². The van der Waals surface area contributed by atoms with Crippen LogP contribution in [0.25, 0.3) is 11.4 Å². The molecule has 1 aliphatic rings. The molecule has 3 aromatic heterocycles. The summed E-state index contributed by atoms with van der Waals surface area (Å²) in [6, 6.07) is 5.98. The third kappa shape index (κ3) is 2.98. The van der Waals surface area contributed by atoms with Gasteiger partial charge in [0.1, 0.15) is 0 Å². The van der Waals surface area contributed by atoms with Crippen molar-refractivity contribution in [3.8, 4) is 11.4 Å². The molecule has 0 unspecified atom stereocenters. The van der Waals surface area contributed by atoms with Crippen LogP contribution in [0.2, 0.25) is 0 Å². The van der Waals surface area contributed by atoms with Gasteiger partial charge in [-0.05, 0) is 25.1 Å². The summed E-state index contributed by atoms with van der Waals surface area (Å²) in [5.41, 5.74) is 5.56. The molecule has 6 heteroatoms. The number of pyridine rings is 1. The summed E-state index contributed by atoms with van der Waals surface area (Å²) >= 11 is 0. The molecule has 0 radical (unpaired) electrons. The predicted molar refractivity (Wildman–Crippen MR) is 86.4 cm³/mol. The van der Waals surface area contributed by atoms with Crippen LogP contribution in [0, 0.1) is 6.92 Å². The molecule has 0 spiro atoms. The van der Waals surface area contributed by atoms with E-state index in [0.717, 1.165) is 54.5 Å². The Kier molecular flexibility index (Phi) is 3.59. The minimum atomic E-state index is 0.780. The van der Waals surface area contributed by atoms with Gasteiger partial charge in [0.15, 0.2) is 5.82 Å². The lowest BCUT2D eigenvalue weighted by Gasteiger charge is -2.27. The van der Waals surface area contributed by atoms with Crippen molar-refractivity contribution in [1.29, 1.82) is 0 Å². The van der Waals surface area contributed by atoms with Gasteiger partial charge in [-0.15, -0.1) is 0 Å². The number of H-pyrrole nitrogens is 1. The number of aryl methyl sites for hydroxylation is 1. The molecule has 1 aliphatic heterocycles. The van der Waals surface area contributed by atoms with Crippen LogP contribution in [0.5, 0.6) is 0 Å². The molecule has 0 aliphatic carbocycles. The van der Waals surface area contributed by atoms with Crippen LogP contribution < -0.4 is 0 Å². The molecule has 116 valence electrons. The number of rotatable bonds is 3.